The predicted octanol–water partition coefficient (Wildman–Crippen LogP) is 3.57. The minimum absolute atomic E-state index is 0.0720. The number of nitrogens with zero attached hydrogens (tertiary/aromatic N) is 2. The van der Waals surface area contributed by atoms with E-state index in [0.717, 1.165) is 11.8 Å². The molecule has 19 heavy (non-hydrogen) atoms. The number of hydrogen-bond donors (Lipinski definition) is 0. The molecule has 2 aromatic rings. The van der Waals surface area contributed by atoms with Gasteiger partial charge in [0.2, 0.25) is 5.88 Å². The van der Waals surface area contributed by atoms with E-state index in [1.807, 2.05) is 0 Å². The maximum absolute atomic E-state index is 10.7. The Labute approximate surface area is 111 Å². The van der Waals surface area contributed by atoms with Crippen molar-refractivity contribution in [1.82, 2.24) is 4.98 Å². The van der Waals surface area contributed by atoms with Gasteiger partial charge >= 0.3 is 0 Å². The summed E-state index contributed by atoms with van der Waals surface area (Å²) in [5, 5.41) is 11.4. The normalized spacial score (nSPS) is 10.9. The molecule has 0 radical (unpaired) electrons. The lowest BCUT2D eigenvalue weighted by molar-refractivity contribution is -0.384. The number of aromatic nitrogens is 1. The summed E-state index contributed by atoms with van der Waals surface area (Å²) in [7, 11) is 0. The second-order valence-electron chi connectivity index (χ2n) is 4.81. The number of fused-ring (bicyclic) bond motifs is 1. The smallest absolute Gasteiger partial charge is 0.270 e. The van der Waals surface area contributed by atoms with Crippen LogP contribution in [0.2, 0.25) is 0 Å². The lowest BCUT2D eigenvalue weighted by Gasteiger charge is -2.07. The number of ether oxygens (including phenoxy) is 1. The molecule has 0 atom stereocenters. The molecule has 100 valence electrons. The molecule has 0 aliphatic rings. The highest BCUT2D eigenvalue weighted by atomic mass is 16.6. The van der Waals surface area contributed by atoms with Crippen LogP contribution in [0.5, 0.6) is 5.88 Å². The van der Waals surface area contributed by atoms with E-state index in [1.54, 1.807) is 18.2 Å². The number of nitro groups is 1. The predicted molar refractivity (Wildman–Crippen MR) is 73.3 cm³/mol. The van der Waals surface area contributed by atoms with E-state index in [-0.39, 0.29) is 5.69 Å². The van der Waals surface area contributed by atoms with Gasteiger partial charge in [-0.05, 0) is 24.5 Å². The summed E-state index contributed by atoms with van der Waals surface area (Å²) in [6.07, 6.45) is 0.972. The van der Waals surface area contributed by atoms with E-state index in [9.17, 15) is 10.1 Å². The minimum atomic E-state index is -0.410. The SMILES string of the molecule is CC(C)CCOc1ccc2cc([N+](=O)[O-])ccc2n1. The molecule has 0 aliphatic carbocycles. The number of non-ortho nitro benzene ring substituents is 1. The number of benzene rings is 1. The van der Waals surface area contributed by atoms with Crippen molar-refractivity contribution < 1.29 is 9.66 Å². The molecule has 0 saturated carbocycles. The van der Waals surface area contributed by atoms with Gasteiger partial charge in [0.1, 0.15) is 0 Å². The quantitative estimate of drug-likeness (QED) is 0.609. The fourth-order valence-electron chi connectivity index (χ4n) is 1.69. The largest absolute Gasteiger partial charge is 0.478 e. The Balaban J connectivity index is 2.17. The van der Waals surface area contributed by atoms with Crippen LogP contribution in [0.15, 0.2) is 30.3 Å². The lowest BCUT2D eigenvalue weighted by atomic mass is 10.1. The summed E-state index contributed by atoms with van der Waals surface area (Å²) < 4.78 is 5.56. The molecule has 5 nitrogen and oxygen atoms in total. The van der Waals surface area contributed by atoms with E-state index in [4.69, 9.17) is 4.74 Å². The van der Waals surface area contributed by atoms with Crippen molar-refractivity contribution in [2.45, 2.75) is 20.3 Å². The Hall–Kier alpha value is -2.17. The molecule has 0 N–H and O–H groups in total. The molecule has 1 aromatic heterocycles. The van der Waals surface area contributed by atoms with Crippen molar-refractivity contribution in [3.05, 3.63) is 40.4 Å². The van der Waals surface area contributed by atoms with Crippen molar-refractivity contribution >= 4 is 16.6 Å². The third kappa shape index (κ3) is 3.40. The minimum Gasteiger partial charge on any atom is -0.478 e. The first kappa shape index (κ1) is 13.3. The van der Waals surface area contributed by atoms with Gasteiger partial charge in [0.15, 0.2) is 0 Å². The van der Waals surface area contributed by atoms with Crippen molar-refractivity contribution in [2.24, 2.45) is 5.92 Å². The zero-order valence-electron chi connectivity index (χ0n) is 11.0. The number of rotatable bonds is 5. The molecule has 0 aliphatic heterocycles. The summed E-state index contributed by atoms with van der Waals surface area (Å²) in [5.74, 6) is 1.14. The zero-order valence-corrected chi connectivity index (χ0v) is 11.0. The van der Waals surface area contributed by atoms with Crippen molar-refractivity contribution in [2.75, 3.05) is 6.61 Å². The zero-order chi connectivity index (χ0) is 13.8. The number of nitro benzene ring substituents is 1. The molecular formula is C14H16N2O3. The van der Waals surface area contributed by atoms with Crippen LogP contribution in [0, 0.1) is 16.0 Å². The van der Waals surface area contributed by atoms with Gasteiger partial charge in [0.05, 0.1) is 17.0 Å². The van der Waals surface area contributed by atoms with E-state index >= 15 is 0 Å². The van der Waals surface area contributed by atoms with Crippen LogP contribution in [0.25, 0.3) is 10.9 Å². The first-order chi connectivity index (χ1) is 9.06. The molecule has 0 saturated heterocycles. The maximum atomic E-state index is 10.7. The third-order valence-corrected chi connectivity index (χ3v) is 2.80. The third-order valence-electron chi connectivity index (χ3n) is 2.80. The molecule has 5 heteroatoms. The lowest BCUT2D eigenvalue weighted by Crippen LogP contribution is -2.02. The van der Waals surface area contributed by atoms with Crippen LogP contribution in [-0.4, -0.2) is 16.5 Å². The van der Waals surface area contributed by atoms with Crippen molar-refractivity contribution in [3.63, 3.8) is 0 Å². The average Bonchev–Trinajstić information content (AvgIpc) is 2.37. The Bertz CT molecular complexity index is 596. The molecule has 0 fully saturated rings. The first-order valence-electron chi connectivity index (χ1n) is 6.24. The van der Waals surface area contributed by atoms with E-state index < -0.39 is 4.92 Å². The Morgan fingerprint density at radius 1 is 1.32 bits per heavy atom. The summed E-state index contributed by atoms with van der Waals surface area (Å²) in [4.78, 5) is 14.6. The van der Waals surface area contributed by atoms with E-state index in [1.165, 1.54) is 12.1 Å². The van der Waals surface area contributed by atoms with Crippen molar-refractivity contribution in [3.8, 4) is 5.88 Å². The summed E-state index contributed by atoms with van der Waals surface area (Å²) in [5.41, 5.74) is 0.774. The van der Waals surface area contributed by atoms with Gasteiger partial charge in [-0.2, -0.15) is 0 Å². The topological polar surface area (TPSA) is 65.3 Å². The van der Waals surface area contributed by atoms with Crippen LogP contribution < -0.4 is 4.74 Å². The van der Waals surface area contributed by atoms with Gasteiger partial charge in [-0.3, -0.25) is 10.1 Å². The standard InChI is InChI=1S/C14H16N2O3/c1-10(2)7-8-19-14-6-3-11-9-12(16(17)18)4-5-13(11)15-14/h3-6,9-10H,7-8H2,1-2H3. The molecule has 1 aromatic carbocycles. The summed E-state index contributed by atoms with van der Waals surface area (Å²) in [6.45, 7) is 4.90. The van der Waals surface area contributed by atoms with Crippen molar-refractivity contribution in [1.29, 1.82) is 0 Å². The highest BCUT2D eigenvalue weighted by Gasteiger charge is 2.07. The van der Waals surface area contributed by atoms with Crippen LogP contribution in [-0.2, 0) is 0 Å². The Kier molecular flexibility index (Phi) is 3.94. The van der Waals surface area contributed by atoms with Crippen LogP contribution >= 0.6 is 0 Å². The summed E-state index contributed by atoms with van der Waals surface area (Å²) in [6, 6.07) is 8.14. The molecule has 0 bridgehead atoms. The van der Waals surface area contributed by atoms with Gasteiger partial charge in [-0.1, -0.05) is 13.8 Å². The molecule has 0 unspecified atom stereocenters. The first-order valence-corrected chi connectivity index (χ1v) is 6.24. The highest BCUT2D eigenvalue weighted by molar-refractivity contribution is 5.81. The monoisotopic (exact) mass is 260 g/mol. The number of hydrogen-bond acceptors (Lipinski definition) is 4. The van der Waals surface area contributed by atoms with Gasteiger partial charge in [0.25, 0.3) is 5.69 Å². The average molecular weight is 260 g/mol. The second kappa shape index (κ2) is 5.65. The Morgan fingerprint density at radius 2 is 2.11 bits per heavy atom. The molecule has 1 heterocycles. The highest BCUT2D eigenvalue weighted by Crippen LogP contribution is 2.22. The molecule has 0 amide bonds. The fraction of sp³-hybridized carbons (Fsp3) is 0.357. The molecule has 0 spiro atoms. The van der Waals surface area contributed by atoms with E-state index in [2.05, 4.69) is 18.8 Å². The molecular weight excluding hydrogens is 244 g/mol. The van der Waals surface area contributed by atoms with Gasteiger partial charge in [-0.15, -0.1) is 0 Å². The van der Waals surface area contributed by atoms with Gasteiger partial charge in [-0.25, -0.2) is 4.98 Å². The summed E-state index contributed by atoms with van der Waals surface area (Å²) >= 11 is 0. The van der Waals surface area contributed by atoms with E-state index in [0.29, 0.717) is 23.9 Å². The van der Waals surface area contributed by atoms with Crippen LogP contribution in [0.3, 0.4) is 0 Å². The van der Waals surface area contributed by atoms with Gasteiger partial charge in [0, 0.05) is 23.6 Å². The maximum Gasteiger partial charge on any atom is 0.270 e. The number of pyridine rings is 1. The molecule has 2 rings (SSSR count). The van der Waals surface area contributed by atoms with Crippen LogP contribution in [0.1, 0.15) is 20.3 Å². The Morgan fingerprint density at radius 3 is 2.79 bits per heavy atom. The second-order valence-corrected chi connectivity index (χ2v) is 4.81. The van der Waals surface area contributed by atoms with Crippen LogP contribution in [0.4, 0.5) is 5.69 Å². The fourth-order valence-corrected chi connectivity index (χ4v) is 1.69. The van der Waals surface area contributed by atoms with Gasteiger partial charge < -0.3 is 4.74 Å².